The average Bonchev–Trinajstić information content (AvgIpc) is 2.35. The van der Waals surface area contributed by atoms with Crippen molar-refractivity contribution in [3.63, 3.8) is 0 Å². The Labute approximate surface area is 101 Å². The summed E-state index contributed by atoms with van der Waals surface area (Å²) >= 11 is 0. The van der Waals surface area contributed by atoms with Gasteiger partial charge in [0.25, 0.3) is 0 Å². The van der Waals surface area contributed by atoms with Crippen molar-refractivity contribution in [1.82, 2.24) is 0 Å². The Morgan fingerprint density at radius 3 is 2.71 bits per heavy atom. The maximum absolute atomic E-state index is 10.6. The third-order valence-corrected chi connectivity index (χ3v) is 2.80. The summed E-state index contributed by atoms with van der Waals surface area (Å²) in [6, 6.07) is 6.67. The zero-order valence-electron chi connectivity index (χ0n) is 10.2. The van der Waals surface area contributed by atoms with Gasteiger partial charge in [0, 0.05) is 0 Å². The predicted octanol–water partition coefficient (Wildman–Crippen LogP) is 1.99. The minimum Gasteiger partial charge on any atom is -0.491 e. The third-order valence-electron chi connectivity index (χ3n) is 2.80. The quantitative estimate of drug-likeness (QED) is 0.793. The van der Waals surface area contributed by atoms with Gasteiger partial charge < -0.3 is 15.6 Å². The van der Waals surface area contributed by atoms with Gasteiger partial charge in [-0.05, 0) is 24.0 Å². The van der Waals surface area contributed by atoms with Crippen molar-refractivity contribution in [2.75, 3.05) is 6.61 Å². The molecule has 4 heteroatoms. The first-order valence-corrected chi connectivity index (χ1v) is 5.76. The molecule has 0 heterocycles. The molecule has 0 fully saturated rings. The Hall–Kier alpha value is -1.55. The van der Waals surface area contributed by atoms with E-state index in [-0.39, 0.29) is 6.61 Å². The van der Waals surface area contributed by atoms with Crippen LogP contribution in [0.25, 0.3) is 0 Å². The van der Waals surface area contributed by atoms with Crippen LogP contribution >= 0.6 is 0 Å². The molecule has 0 aliphatic rings. The molecular weight excluding hydrogens is 218 g/mol. The van der Waals surface area contributed by atoms with Gasteiger partial charge in [-0.3, -0.25) is 4.79 Å². The van der Waals surface area contributed by atoms with E-state index in [1.165, 1.54) is 0 Å². The van der Waals surface area contributed by atoms with E-state index in [9.17, 15) is 4.79 Å². The fourth-order valence-electron chi connectivity index (χ4n) is 1.49. The number of aliphatic carboxylic acids is 1. The van der Waals surface area contributed by atoms with E-state index in [0.29, 0.717) is 5.92 Å². The van der Waals surface area contributed by atoms with E-state index in [0.717, 1.165) is 17.7 Å². The molecule has 1 rings (SSSR count). The number of para-hydroxylation sites is 1. The SMILES string of the molecule is CCC(C)c1ccccc1OCC(N)C(=O)O. The number of ether oxygens (including phenoxy) is 1. The lowest BCUT2D eigenvalue weighted by Crippen LogP contribution is -2.36. The van der Waals surface area contributed by atoms with Crippen LogP contribution in [-0.2, 0) is 4.79 Å². The molecule has 0 saturated heterocycles. The minimum atomic E-state index is -1.05. The monoisotopic (exact) mass is 237 g/mol. The summed E-state index contributed by atoms with van der Waals surface area (Å²) in [7, 11) is 0. The minimum absolute atomic E-state index is 0.0111. The molecule has 0 aliphatic carbocycles. The van der Waals surface area contributed by atoms with E-state index in [1.807, 2.05) is 24.3 Å². The maximum Gasteiger partial charge on any atom is 0.324 e. The van der Waals surface area contributed by atoms with Gasteiger partial charge in [-0.25, -0.2) is 0 Å². The first-order chi connectivity index (χ1) is 8.06. The molecule has 2 atom stereocenters. The van der Waals surface area contributed by atoms with Crippen LogP contribution in [0.2, 0.25) is 0 Å². The van der Waals surface area contributed by atoms with Gasteiger partial charge >= 0.3 is 5.97 Å². The van der Waals surface area contributed by atoms with Gasteiger partial charge in [0.2, 0.25) is 0 Å². The number of benzene rings is 1. The molecule has 0 saturated carbocycles. The molecule has 0 bridgehead atoms. The standard InChI is InChI=1S/C13H19NO3/c1-3-9(2)10-6-4-5-7-12(10)17-8-11(14)13(15)16/h4-7,9,11H,3,8,14H2,1-2H3,(H,15,16). The summed E-state index contributed by atoms with van der Waals surface area (Å²) in [4.78, 5) is 10.6. The van der Waals surface area contributed by atoms with Gasteiger partial charge in [0.05, 0.1) is 0 Å². The summed E-state index contributed by atoms with van der Waals surface area (Å²) in [5, 5.41) is 8.68. The van der Waals surface area contributed by atoms with E-state index in [1.54, 1.807) is 0 Å². The van der Waals surface area contributed by atoms with Crippen molar-refractivity contribution >= 4 is 5.97 Å². The molecule has 4 nitrogen and oxygen atoms in total. The molecule has 3 N–H and O–H groups in total. The molecule has 0 amide bonds. The van der Waals surface area contributed by atoms with Crippen molar-refractivity contribution < 1.29 is 14.6 Å². The average molecular weight is 237 g/mol. The summed E-state index contributed by atoms with van der Waals surface area (Å²) in [6.45, 7) is 4.20. The lowest BCUT2D eigenvalue weighted by Gasteiger charge is -2.16. The smallest absolute Gasteiger partial charge is 0.324 e. The number of carboxylic acids is 1. The lowest BCUT2D eigenvalue weighted by molar-refractivity contribution is -0.139. The molecule has 2 unspecified atom stereocenters. The van der Waals surface area contributed by atoms with E-state index < -0.39 is 12.0 Å². The summed E-state index contributed by atoms with van der Waals surface area (Å²) in [5.41, 5.74) is 6.49. The largest absolute Gasteiger partial charge is 0.491 e. The van der Waals surface area contributed by atoms with Crippen molar-refractivity contribution in [3.8, 4) is 5.75 Å². The molecule has 0 aliphatic heterocycles. The fourth-order valence-corrected chi connectivity index (χ4v) is 1.49. The molecule has 17 heavy (non-hydrogen) atoms. The zero-order valence-corrected chi connectivity index (χ0v) is 10.2. The fraction of sp³-hybridized carbons (Fsp3) is 0.462. The van der Waals surface area contributed by atoms with Crippen LogP contribution in [0.3, 0.4) is 0 Å². The molecule has 1 aromatic rings. The van der Waals surface area contributed by atoms with Crippen molar-refractivity contribution in [1.29, 1.82) is 0 Å². The van der Waals surface area contributed by atoms with Crippen LogP contribution in [-0.4, -0.2) is 23.7 Å². The first kappa shape index (κ1) is 13.5. The second-order valence-electron chi connectivity index (χ2n) is 4.10. The highest BCUT2D eigenvalue weighted by Gasteiger charge is 2.14. The van der Waals surface area contributed by atoms with Crippen LogP contribution in [0.4, 0.5) is 0 Å². The van der Waals surface area contributed by atoms with Gasteiger partial charge in [0.15, 0.2) is 0 Å². The van der Waals surface area contributed by atoms with Crippen LogP contribution in [0.1, 0.15) is 31.7 Å². The van der Waals surface area contributed by atoms with Gasteiger partial charge in [-0.15, -0.1) is 0 Å². The number of carboxylic acid groups (broad SMARTS) is 1. The van der Waals surface area contributed by atoms with Crippen molar-refractivity contribution in [2.24, 2.45) is 5.73 Å². The highest BCUT2D eigenvalue weighted by atomic mass is 16.5. The second kappa shape index (κ2) is 6.25. The number of hydrogen-bond acceptors (Lipinski definition) is 3. The number of rotatable bonds is 6. The zero-order chi connectivity index (χ0) is 12.8. The highest BCUT2D eigenvalue weighted by molar-refractivity contribution is 5.73. The lowest BCUT2D eigenvalue weighted by atomic mass is 9.98. The van der Waals surface area contributed by atoms with E-state index in [2.05, 4.69) is 13.8 Å². The predicted molar refractivity (Wildman–Crippen MR) is 66.3 cm³/mol. The van der Waals surface area contributed by atoms with Crippen molar-refractivity contribution in [3.05, 3.63) is 29.8 Å². The van der Waals surface area contributed by atoms with Crippen molar-refractivity contribution in [2.45, 2.75) is 32.2 Å². The Bertz CT molecular complexity index is 379. The molecule has 94 valence electrons. The Morgan fingerprint density at radius 1 is 1.47 bits per heavy atom. The van der Waals surface area contributed by atoms with E-state index >= 15 is 0 Å². The molecule has 0 spiro atoms. The summed E-state index contributed by atoms with van der Waals surface area (Å²) < 4.78 is 5.48. The van der Waals surface area contributed by atoms with Crippen LogP contribution in [0, 0.1) is 0 Å². The third kappa shape index (κ3) is 3.75. The Kier molecular flexibility index (Phi) is 4.97. The highest BCUT2D eigenvalue weighted by Crippen LogP contribution is 2.28. The summed E-state index contributed by atoms with van der Waals surface area (Å²) in [5.74, 6) is 0.0526. The first-order valence-electron chi connectivity index (χ1n) is 5.76. The molecule has 0 aromatic heterocycles. The van der Waals surface area contributed by atoms with Crippen LogP contribution in [0.15, 0.2) is 24.3 Å². The number of nitrogens with two attached hydrogens (primary N) is 1. The maximum atomic E-state index is 10.6. The van der Waals surface area contributed by atoms with Gasteiger partial charge in [-0.1, -0.05) is 32.0 Å². The topological polar surface area (TPSA) is 72.5 Å². The van der Waals surface area contributed by atoms with Crippen LogP contribution < -0.4 is 10.5 Å². The van der Waals surface area contributed by atoms with Crippen LogP contribution in [0.5, 0.6) is 5.75 Å². The number of carbonyl (C=O) groups is 1. The molecule has 0 radical (unpaired) electrons. The van der Waals surface area contributed by atoms with Gasteiger partial charge in [0.1, 0.15) is 18.4 Å². The Balaban J connectivity index is 2.73. The number of hydrogen-bond donors (Lipinski definition) is 2. The second-order valence-corrected chi connectivity index (χ2v) is 4.10. The van der Waals surface area contributed by atoms with E-state index in [4.69, 9.17) is 15.6 Å². The Morgan fingerprint density at radius 2 is 2.12 bits per heavy atom. The normalized spacial score (nSPS) is 14.1. The van der Waals surface area contributed by atoms with Gasteiger partial charge in [-0.2, -0.15) is 0 Å². The molecular formula is C13H19NO3. The summed E-state index contributed by atoms with van der Waals surface area (Å²) in [6.07, 6.45) is 1.01. The molecule has 1 aromatic carbocycles.